The maximum absolute atomic E-state index is 12.6. The number of rotatable bonds is 6. The van der Waals surface area contributed by atoms with Gasteiger partial charge in [-0.15, -0.1) is 11.8 Å². The average Bonchev–Trinajstić information content (AvgIpc) is 2.59. The van der Waals surface area contributed by atoms with Crippen LogP contribution in [0.3, 0.4) is 0 Å². The number of primary amides is 1. The summed E-state index contributed by atoms with van der Waals surface area (Å²) in [6, 6.07) is 11.6. The molecule has 2 aromatic carbocycles. The number of hydrogen-bond donors (Lipinski definition) is 2. The molecule has 0 aliphatic rings. The molecule has 6 nitrogen and oxygen atoms in total. The minimum absolute atomic E-state index is 0.0808. The predicted octanol–water partition coefficient (Wildman–Crippen LogP) is 2.87. The number of benzene rings is 2. The summed E-state index contributed by atoms with van der Waals surface area (Å²) < 4.78 is 0. The third-order valence-electron chi connectivity index (χ3n) is 3.37. The average molecular weight is 392 g/mol. The number of hydrogen-bond acceptors (Lipinski definition) is 4. The first-order valence-corrected chi connectivity index (χ1v) is 8.98. The van der Waals surface area contributed by atoms with Gasteiger partial charge in [-0.25, -0.2) is 0 Å². The van der Waals surface area contributed by atoms with Crippen LogP contribution in [0.2, 0.25) is 5.02 Å². The quantitative estimate of drug-likeness (QED) is 0.740. The molecule has 0 unspecified atom stereocenters. The van der Waals surface area contributed by atoms with Gasteiger partial charge in [0.05, 0.1) is 21.9 Å². The Morgan fingerprint density at radius 3 is 2.42 bits per heavy atom. The van der Waals surface area contributed by atoms with Crippen LogP contribution in [0.5, 0.6) is 0 Å². The monoisotopic (exact) mass is 391 g/mol. The van der Waals surface area contributed by atoms with Crippen molar-refractivity contribution in [1.82, 2.24) is 4.90 Å². The molecule has 0 bridgehead atoms. The molecule has 0 spiro atoms. The Hall–Kier alpha value is -2.51. The molecule has 0 fully saturated rings. The number of carbonyl (C=O) groups is 3. The topological polar surface area (TPSA) is 92.5 Å². The molecule has 0 atom stereocenters. The highest BCUT2D eigenvalue weighted by atomic mass is 35.5. The lowest BCUT2D eigenvalue weighted by Crippen LogP contribution is -2.22. The molecule has 3 amide bonds. The zero-order chi connectivity index (χ0) is 19.3. The van der Waals surface area contributed by atoms with E-state index in [0.717, 1.165) is 0 Å². The van der Waals surface area contributed by atoms with Crippen LogP contribution in [0.4, 0.5) is 5.69 Å². The summed E-state index contributed by atoms with van der Waals surface area (Å²) in [5.41, 5.74) is 6.40. The van der Waals surface area contributed by atoms with Crippen molar-refractivity contribution in [3.8, 4) is 0 Å². The zero-order valence-electron chi connectivity index (χ0n) is 14.3. The summed E-state index contributed by atoms with van der Waals surface area (Å²) in [4.78, 5) is 37.6. The molecule has 0 aliphatic heterocycles. The van der Waals surface area contributed by atoms with Gasteiger partial charge in [0, 0.05) is 24.7 Å². The first kappa shape index (κ1) is 19.8. The fraction of sp³-hybridized carbons (Fsp3) is 0.167. The summed E-state index contributed by atoms with van der Waals surface area (Å²) in [6.07, 6.45) is 0. The number of halogens is 1. The Balaban J connectivity index is 2.19. The van der Waals surface area contributed by atoms with Crippen LogP contribution in [-0.2, 0) is 4.79 Å². The van der Waals surface area contributed by atoms with Crippen LogP contribution in [0, 0.1) is 0 Å². The van der Waals surface area contributed by atoms with E-state index in [-0.39, 0.29) is 22.6 Å². The van der Waals surface area contributed by atoms with Gasteiger partial charge in [0.15, 0.2) is 0 Å². The van der Waals surface area contributed by atoms with Crippen molar-refractivity contribution in [2.24, 2.45) is 5.73 Å². The molecule has 0 radical (unpaired) electrons. The van der Waals surface area contributed by atoms with Crippen molar-refractivity contribution < 1.29 is 14.4 Å². The smallest absolute Gasteiger partial charge is 0.256 e. The van der Waals surface area contributed by atoms with E-state index < -0.39 is 5.91 Å². The fourth-order valence-corrected chi connectivity index (χ4v) is 3.18. The van der Waals surface area contributed by atoms with E-state index in [1.807, 2.05) is 0 Å². The summed E-state index contributed by atoms with van der Waals surface area (Å²) in [6.45, 7) is 0. The van der Waals surface area contributed by atoms with Crippen LogP contribution >= 0.6 is 23.4 Å². The Morgan fingerprint density at radius 2 is 1.81 bits per heavy atom. The Labute approximate surface area is 160 Å². The van der Waals surface area contributed by atoms with E-state index in [0.29, 0.717) is 21.7 Å². The minimum atomic E-state index is -0.460. The highest BCUT2D eigenvalue weighted by Gasteiger charge is 2.15. The maximum Gasteiger partial charge on any atom is 0.256 e. The molecule has 26 heavy (non-hydrogen) atoms. The van der Waals surface area contributed by atoms with Gasteiger partial charge in [-0.1, -0.05) is 23.7 Å². The van der Waals surface area contributed by atoms with Gasteiger partial charge >= 0.3 is 0 Å². The van der Waals surface area contributed by atoms with Crippen molar-refractivity contribution in [2.75, 3.05) is 25.2 Å². The van der Waals surface area contributed by atoms with Crippen LogP contribution in [0.15, 0.2) is 47.4 Å². The van der Waals surface area contributed by atoms with E-state index in [2.05, 4.69) is 5.32 Å². The first-order chi connectivity index (χ1) is 12.3. The fourth-order valence-electron chi connectivity index (χ4n) is 2.13. The van der Waals surface area contributed by atoms with Crippen molar-refractivity contribution in [2.45, 2.75) is 4.90 Å². The van der Waals surface area contributed by atoms with Crippen molar-refractivity contribution in [3.63, 3.8) is 0 Å². The number of nitrogens with one attached hydrogen (secondary N) is 1. The third-order valence-corrected chi connectivity index (χ3v) is 4.77. The largest absolute Gasteiger partial charge is 0.369 e. The van der Waals surface area contributed by atoms with Gasteiger partial charge in [0.2, 0.25) is 5.91 Å². The molecule has 0 aliphatic carbocycles. The van der Waals surface area contributed by atoms with Crippen LogP contribution < -0.4 is 11.1 Å². The van der Waals surface area contributed by atoms with Gasteiger partial charge in [-0.2, -0.15) is 0 Å². The predicted molar refractivity (Wildman–Crippen MR) is 104 cm³/mol. The number of anilines is 1. The van der Waals surface area contributed by atoms with E-state index in [1.165, 1.54) is 22.7 Å². The first-order valence-electron chi connectivity index (χ1n) is 7.62. The van der Waals surface area contributed by atoms with Crippen molar-refractivity contribution in [1.29, 1.82) is 0 Å². The van der Waals surface area contributed by atoms with Crippen molar-refractivity contribution >= 4 is 46.8 Å². The Morgan fingerprint density at radius 1 is 1.12 bits per heavy atom. The van der Waals surface area contributed by atoms with Crippen LogP contribution in [-0.4, -0.2) is 42.5 Å². The van der Waals surface area contributed by atoms with Gasteiger partial charge < -0.3 is 16.0 Å². The SMILES string of the molecule is CN(C)C(=O)c1ccc(NC(=O)c2ccccc2SCC(N)=O)cc1Cl. The molecular weight excluding hydrogens is 374 g/mol. The second-order valence-electron chi connectivity index (χ2n) is 5.60. The highest BCUT2D eigenvalue weighted by Crippen LogP contribution is 2.25. The molecule has 2 aromatic rings. The summed E-state index contributed by atoms with van der Waals surface area (Å²) >= 11 is 7.35. The number of carbonyl (C=O) groups excluding carboxylic acids is 3. The van der Waals surface area contributed by atoms with Gasteiger partial charge in [-0.05, 0) is 30.3 Å². The number of thioether (sulfide) groups is 1. The lowest BCUT2D eigenvalue weighted by molar-refractivity contribution is -0.115. The molecule has 3 N–H and O–H groups in total. The van der Waals surface area contributed by atoms with Crippen LogP contribution in [0.1, 0.15) is 20.7 Å². The molecule has 0 aromatic heterocycles. The zero-order valence-corrected chi connectivity index (χ0v) is 15.9. The number of nitrogens with two attached hydrogens (primary N) is 1. The molecular formula is C18H18ClN3O3S. The summed E-state index contributed by atoms with van der Waals surface area (Å²) in [5, 5.41) is 2.99. The van der Waals surface area contributed by atoms with Crippen LogP contribution in [0.25, 0.3) is 0 Å². The molecule has 8 heteroatoms. The van der Waals surface area contributed by atoms with E-state index in [9.17, 15) is 14.4 Å². The van der Waals surface area contributed by atoms with E-state index in [4.69, 9.17) is 17.3 Å². The van der Waals surface area contributed by atoms with E-state index >= 15 is 0 Å². The standard InChI is InChI=1S/C18H18ClN3O3S/c1-22(2)18(25)12-8-7-11(9-14(12)19)21-17(24)13-5-3-4-6-15(13)26-10-16(20)23/h3-9H,10H2,1-2H3,(H2,20,23)(H,21,24). The molecule has 2 rings (SSSR count). The van der Waals surface area contributed by atoms with Gasteiger partial charge in [0.1, 0.15) is 0 Å². The Kier molecular flexibility index (Phi) is 6.65. The lowest BCUT2D eigenvalue weighted by Gasteiger charge is -2.13. The highest BCUT2D eigenvalue weighted by molar-refractivity contribution is 8.00. The molecule has 0 saturated heterocycles. The normalized spacial score (nSPS) is 10.3. The Bertz CT molecular complexity index is 855. The molecule has 0 heterocycles. The van der Waals surface area contributed by atoms with E-state index in [1.54, 1.807) is 50.5 Å². The minimum Gasteiger partial charge on any atom is -0.369 e. The number of amides is 3. The van der Waals surface area contributed by atoms with Gasteiger partial charge in [-0.3, -0.25) is 14.4 Å². The second kappa shape index (κ2) is 8.73. The second-order valence-corrected chi connectivity index (χ2v) is 7.02. The van der Waals surface area contributed by atoms with Gasteiger partial charge in [0.25, 0.3) is 11.8 Å². The maximum atomic E-state index is 12.6. The lowest BCUT2D eigenvalue weighted by atomic mass is 10.1. The van der Waals surface area contributed by atoms with Crippen molar-refractivity contribution in [3.05, 3.63) is 58.6 Å². The third kappa shape index (κ3) is 5.00. The molecule has 0 saturated carbocycles. The summed E-state index contributed by atoms with van der Waals surface area (Å²) in [7, 11) is 3.27. The molecule has 136 valence electrons. The summed E-state index contributed by atoms with van der Waals surface area (Å²) in [5.74, 6) is -0.947. The number of nitrogens with zero attached hydrogens (tertiary/aromatic N) is 1.